The van der Waals surface area contributed by atoms with Gasteiger partial charge >= 0.3 is 0 Å². The van der Waals surface area contributed by atoms with Crippen LogP contribution in [0.15, 0.2) is 22.8 Å². The summed E-state index contributed by atoms with van der Waals surface area (Å²) in [4.78, 5) is 0. The molecule has 0 atom stereocenters. The molecule has 0 unspecified atom stereocenters. The first kappa shape index (κ1) is 11.2. The van der Waals surface area contributed by atoms with Crippen molar-refractivity contribution in [1.82, 2.24) is 9.78 Å². The number of fused-ring (bicyclic) bond motifs is 1. The fraction of sp³-hybridized carbons (Fsp3) is 0.250. The van der Waals surface area contributed by atoms with Crippen molar-refractivity contribution in [3.8, 4) is 5.69 Å². The molecular weight excluding hydrogens is 307 g/mol. The lowest BCUT2D eigenvalue weighted by Crippen LogP contribution is -2.01. The predicted molar refractivity (Wildman–Crippen MR) is 68.3 cm³/mol. The summed E-state index contributed by atoms with van der Waals surface area (Å²) in [6.45, 7) is 0. The van der Waals surface area contributed by atoms with E-state index in [0.29, 0.717) is 10.7 Å². The van der Waals surface area contributed by atoms with Crippen LogP contribution in [0.5, 0.6) is 0 Å². The second-order valence-corrected chi connectivity index (χ2v) is 5.26. The van der Waals surface area contributed by atoms with Gasteiger partial charge in [0.05, 0.1) is 5.69 Å². The van der Waals surface area contributed by atoms with Gasteiger partial charge in [0.2, 0.25) is 0 Å². The smallest absolute Gasteiger partial charge is 0.150 e. The molecule has 88 valence electrons. The molecule has 0 fully saturated rings. The Morgan fingerprint density at radius 1 is 1.35 bits per heavy atom. The zero-order chi connectivity index (χ0) is 12.0. The predicted octanol–water partition coefficient (Wildman–Crippen LogP) is 3.92. The van der Waals surface area contributed by atoms with Crippen LogP contribution in [0.2, 0.25) is 5.02 Å². The lowest BCUT2D eigenvalue weighted by molar-refractivity contribution is 0.607. The van der Waals surface area contributed by atoms with E-state index in [-0.39, 0.29) is 5.82 Å². The Morgan fingerprint density at radius 2 is 2.18 bits per heavy atom. The van der Waals surface area contributed by atoms with Gasteiger partial charge in [-0.2, -0.15) is 5.10 Å². The first-order valence-electron chi connectivity index (χ1n) is 5.38. The van der Waals surface area contributed by atoms with E-state index >= 15 is 0 Å². The monoisotopic (exact) mass is 314 g/mol. The van der Waals surface area contributed by atoms with Crippen molar-refractivity contribution in [3.05, 3.63) is 44.9 Å². The van der Waals surface area contributed by atoms with Gasteiger partial charge in [-0.25, -0.2) is 9.07 Å². The summed E-state index contributed by atoms with van der Waals surface area (Å²) < 4.78 is 16.3. The summed E-state index contributed by atoms with van der Waals surface area (Å²) in [5, 5.41) is 4.83. The maximum absolute atomic E-state index is 13.8. The van der Waals surface area contributed by atoms with Crippen LogP contribution in [0.4, 0.5) is 4.39 Å². The molecular formula is C12H9BrClFN2. The van der Waals surface area contributed by atoms with Crippen molar-refractivity contribution in [2.45, 2.75) is 19.3 Å². The number of hydrogen-bond acceptors (Lipinski definition) is 1. The van der Waals surface area contributed by atoms with Gasteiger partial charge in [0, 0.05) is 10.6 Å². The maximum atomic E-state index is 13.8. The van der Waals surface area contributed by atoms with Gasteiger partial charge in [-0.15, -0.1) is 0 Å². The van der Waals surface area contributed by atoms with Crippen LogP contribution in [0.3, 0.4) is 0 Å². The second-order valence-electron chi connectivity index (χ2n) is 4.08. The molecule has 0 N–H and O–H groups in total. The number of nitrogens with zero attached hydrogens (tertiary/aromatic N) is 2. The normalized spacial score (nSPS) is 14.1. The lowest BCUT2D eigenvalue weighted by Gasteiger charge is -2.06. The number of benzene rings is 1. The van der Waals surface area contributed by atoms with E-state index in [1.807, 2.05) is 0 Å². The number of rotatable bonds is 1. The second kappa shape index (κ2) is 4.10. The molecule has 2 nitrogen and oxygen atoms in total. The van der Waals surface area contributed by atoms with Crippen LogP contribution in [-0.4, -0.2) is 9.78 Å². The molecule has 0 spiro atoms. The van der Waals surface area contributed by atoms with E-state index in [4.69, 9.17) is 11.6 Å². The minimum atomic E-state index is -0.362. The topological polar surface area (TPSA) is 17.8 Å². The molecule has 0 amide bonds. The molecule has 1 aliphatic carbocycles. The molecule has 17 heavy (non-hydrogen) atoms. The van der Waals surface area contributed by atoms with Gasteiger partial charge in [0.1, 0.15) is 16.1 Å². The molecule has 0 saturated heterocycles. The van der Waals surface area contributed by atoms with Gasteiger partial charge in [-0.3, -0.25) is 0 Å². The van der Waals surface area contributed by atoms with Gasteiger partial charge in [-0.05, 0) is 53.4 Å². The van der Waals surface area contributed by atoms with Crippen molar-refractivity contribution in [3.63, 3.8) is 0 Å². The lowest BCUT2D eigenvalue weighted by atomic mass is 10.3. The van der Waals surface area contributed by atoms with Crippen LogP contribution in [0, 0.1) is 5.82 Å². The summed E-state index contributed by atoms with van der Waals surface area (Å²) in [6, 6.07) is 4.61. The molecule has 1 heterocycles. The highest BCUT2D eigenvalue weighted by Gasteiger charge is 2.22. The zero-order valence-corrected chi connectivity index (χ0v) is 11.2. The Bertz CT molecular complexity index is 594. The van der Waals surface area contributed by atoms with E-state index in [0.717, 1.165) is 29.6 Å². The fourth-order valence-electron chi connectivity index (χ4n) is 2.17. The Kier molecular flexibility index (Phi) is 2.71. The third-order valence-corrected chi connectivity index (χ3v) is 4.03. The average molecular weight is 316 g/mol. The third-order valence-electron chi connectivity index (χ3n) is 2.98. The van der Waals surface area contributed by atoms with E-state index in [1.165, 1.54) is 11.6 Å². The first-order chi connectivity index (χ1) is 8.16. The molecule has 2 aromatic rings. The number of halogens is 3. The van der Waals surface area contributed by atoms with Crippen LogP contribution >= 0.6 is 27.5 Å². The Labute approximate surface area is 112 Å². The summed E-state index contributed by atoms with van der Waals surface area (Å²) in [5.74, 6) is -0.362. The number of aromatic nitrogens is 2. The average Bonchev–Trinajstić information content (AvgIpc) is 2.83. The Hall–Kier alpha value is -0.870. The molecule has 0 radical (unpaired) electrons. The van der Waals surface area contributed by atoms with E-state index in [9.17, 15) is 4.39 Å². The van der Waals surface area contributed by atoms with Gasteiger partial charge < -0.3 is 0 Å². The summed E-state index contributed by atoms with van der Waals surface area (Å²) in [5.41, 5.74) is 2.68. The first-order valence-corrected chi connectivity index (χ1v) is 6.55. The van der Waals surface area contributed by atoms with Crippen LogP contribution in [0.25, 0.3) is 5.69 Å². The Balaban J connectivity index is 2.16. The van der Waals surface area contributed by atoms with Crippen molar-refractivity contribution in [1.29, 1.82) is 0 Å². The third kappa shape index (κ3) is 1.79. The highest BCUT2D eigenvalue weighted by molar-refractivity contribution is 9.10. The van der Waals surface area contributed by atoms with E-state index in [1.54, 1.807) is 16.8 Å². The fourth-order valence-corrected chi connectivity index (χ4v) is 3.02. The summed E-state index contributed by atoms with van der Waals surface area (Å²) in [6.07, 6.45) is 3.10. The molecule has 0 saturated carbocycles. The number of aryl methyl sites for hydroxylation is 1. The standard InChI is InChI=1S/C12H9BrClFN2/c13-12-8-2-1-3-10(8)16-17(12)11-5-4-7(14)6-9(11)15/h4-6H,1-3H2. The molecule has 0 bridgehead atoms. The minimum Gasteiger partial charge on any atom is -0.223 e. The highest BCUT2D eigenvalue weighted by atomic mass is 79.9. The summed E-state index contributed by atoms with van der Waals surface area (Å²) >= 11 is 9.23. The van der Waals surface area contributed by atoms with E-state index < -0.39 is 0 Å². The molecule has 1 aliphatic rings. The Morgan fingerprint density at radius 3 is 2.88 bits per heavy atom. The number of hydrogen-bond donors (Lipinski definition) is 0. The SMILES string of the molecule is Fc1cc(Cl)ccc1-n1nc2c(c1Br)CCC2. The molecule has 0 aliphatic heterocycles. The van der Waals surface area contributed by atoms with Crippen LogP contribution in [0.1, 0.15) is 17.7 Å². The van der Waals surface area contributed by atoms with Crippen molar-refractivity contribution in [2.24, 2.45) is 0 Å². The largest absolute Gasteiger partial charge is 0.223 e. The zero-order valence-electron chi connectivity index (χ0n) is 8.88. The quantitative estimate of drug-likeness (QED) is 0.780. The van der Waals surface area contributed by atoms with Crippen molar-refractivity contribution < 1.29 is 4.39 Å². The van der Waals surface area contributed by atoms with Gasteiger partial charge in [0.25, 0.3) is 0 Å². The minimum absolute atomic E-state index is 0.362. The molecule has 1 aromatic carbocycles. The highest BCUT2D eigenvalue weighted by Crippen LogP contribution is 2.31. The maximum Gasteiger partial charge on any atom is 0.150 e. The van der Waals surface area contributed by atoms with Crippen molar-refractivity contribution >= 4 is 27.5 Å². The van der Waals surface area contributed by atoms with Crippen LogP contribution in [-0.2, 0) is 12.8 Å². The van der Waals surface area contributed by atoms with Crippen LogP contribution < -0.4 is 0 Å². The molecule has 5 heteroatoms. The molecule has 3 rings (SSSR count). The summed E-state index contributed by atoms with van der Waals surface area (Å²) in [7, 11) is 0. The van der Waals surface area contributed by atoms with Crippen molar-refractivity contribution in [2.75, 3.05) is 0 Å². The van der Waals surface area contributed by atoms with E-state index in [2.05, 4.69) is 21.0 Å². The molecule has 1 aromatic heterocycles. The van der Waals surface area contributed by atoms with Gasteiger partial charge in [0.15, 0.2) is 0 Å². The van der Waals surface area contributed by atoms with Gasteiger partial charge in [-0.1, -0.05) is 11.6 Å².